The van der Waals surface area contributed by atoms with Crippen molar-refractivity contribution in [1.82, 2.24) is 5.32 Å². The molecule has 0 heterocycles. The van der Waals surface area contributed by atoms with Crippen molar-refractivity contribution in [2.45, 2.75) is 59.0 Å². The highest BCUT2D eigenvalue weighted by atomic mass is 16.2. The molecule has 0 aromatic carbocycles. The Morgan fingerprint density at radius 3 is 2.29 bits per heavy atom. The van der Waals surface area contributed by atoms with Gasteiger partial charge in [0.2, 0.25) is 5.91 Å². The van der Waals surface area contributed by atoms with Gasteiger partial charge in [-0.25, -0.2) is 0 Å². The predicted molar refractivity (Wildman–Crippen MR) is 59.9 cm³/mol. The quantitative estimate of drug-likeness (QED) is 0.685. The van der Waals surface area contributed by atoms with Gasteiger partial charge in [-0.15, -0.1) is 0 Å². The Morgan fingerprint density at radius 1 is 1.36 bits per heavy atom. The zero-order chi connectivity index (χ0) is 11.1. The zero-order valence-electron chi connectivity index (χ0n) is 9.84. The average Bonchev–Trinajstić information content (AvgIpc) is 2.13. The van der Waals surface area contributed by atoms with Crippen LogP contribution in [0.1, 0.15) is 47.0 Å². The van der Waals surface area contributed by atoms with E-state index in [2.05, 4.69) is 26.1 Å². The summed E-state index contributed by atoms with van der Waals surface area (Å²) in [7, 11) is 0. The molecule has 0 radical (unpaired) electrons. The van der Waals surface area contributed by atoms with Crippen LogP contribution in [0.5, 0.6) is 0 Å². The monoisotopic (exact) mass is 200 g/mol. The summed E-state index contributed by atoms with van der Waals surface area (Å²) in [5.74, 6) is 0.463. The molecule has 2 atom stereocenters. The topological polar surface area (TPSA) is 55.1 Å². The molecular formula is C11H24N2O. The first-order valence-electron chi connectivity index (χ1n) is 5.58. The third-order valence-electron chi connectivity index (χ3n) is 2.51. The molecule has 1 unspecified atom stereocenters. The maximum absolute atomic E-state index is 11.6. The smallest absolute Gasteiger partial charge is 0.237 e. The van der Waals surface area contributed by atoms with E-state index in [1.807, 2.05) is 6.92 Å². The summed E-state index contributed by atoms with van der Waals surface area (Å²) >= 11 is 0. The molecule has 0 bridgehead atoms. The summed E-state index contributed by atoms with van der Waals surface area (Å²) in [5.41, 5.74) is 5.72. The largest absolute Gasteiger partial charge is 0.352 e. The van der Waals surface area contributed by atoms with Crippen LogP contribution in [0.15, 0.2) is 0 Å². The van der Waals surface area contributed by atoms with E-state index in [0.717, 1.165) is 19.3 Å². The Bertz CT molecular complexity index is 169. The number of nitrogens with two attached hydrogens (primary N) is 1. The Labute approximate surface area is 87.4 Å². The maximum Gasteiger partial charge on any atom is 0.237 e. The van der Waals surface area contributed by atoms with Gasteiger partial charge >= 0.3 is 0 Å². The lowest BCUT2D eigenvalue weighted by atomic mass is 10.0. The van der Waals surface area contributed by atoms with Crippen LogP contribution in [0.3, 0.4) is 0 Å². The Kier molecular flexibility index (Phi) is 6.54. The Hall–Kier alpha value is -0.570. The van der Waals surface area contributed by atoms with Crippen molar-refractivity contribution in [1.29, 1.82) is 0 Å². The molecule has 14 heavy (non-hydrogen) atoms. The van der Waals surface area contributed by atoms with Gasteiger partial charge in [-0.2, -0.15) is 0 Å². The van der Waals surface area contributed by atoms with Crippen molar-refractivity contribution in [2.24, 2.45) is 11.7 Å². The lowest BCUT2D eigenvalue weighted by Gasteiger charge is -2.22. The van der Waals surface area contributed by atoms with Gasteiger partial charge in [-0.3, -0.25) is 4.79 Å². The third kappa shape index (κ3) is 4.61. The second-order valence-corrected chi connectivity index (χ2v) is 4.16. The molecule has 0 rings (SSSR count). The van der Waals surface area contributed by atoms with Crippen molar-refractivity contribution < 1.29 is 4.79 Å². The summed E-state index contributed by atoms with van der Waals surface area (Å²) in [6.45, 7) is 8.34. The lowest BCUT2D eigenvalue weighted by molar-refractivity contribution is -0.123. The van der Waals surface area contributed by atoms with Gasteiger partial charge in [-0.1, -0.05) is 34.1 Å². The number of carbonyl (C=O) groups is 1. The molecule has 0 aliphatic carbocycles. The molecule has 0 aliphatic rings. The first kappa shape index (κ1) is 13.4. The summed E-state index contributed by atoms with van der Waals surface area (Å²) < 4.78 is 0. The molecular weight excluding hydrogens is 176 g/mol. The number of carbonyl (C=O) groups excluding carboxylic acids is 1. The lowest BCUT2D eigenvalue weighted by Crippen LogP contribution is -2.46. The minimum absolute atomic E-state index is 0.00704. The van der Waals surface area contributed by atoms with Crippen LogP contribution in [-0.2, 0) is 4.79 Å². The molecule has 3 heteroatoms. The van der Waals surface area contributed by atoms with E-state index in [0.29, 0.717) is 5.92 Å². The standard InChI is InChI=1S/C11H24N2O/c1-5-7-9(12)11(14)13-10(6-2)8(3)4/h8-10H,5-7,12H2,1-4H3,(H,13,14)/t9-,10?/m0/s1. The van der Waals surface area contributed by atoms with Gasteiger partial charge in [0.25, 0.3) is 0 Å². The Morgan fingerprint density at radius 2 is 1.93 bits per heavy atom. The number of nitrogens with one attached hydrogen (secondary N) is 1. The van der Waals surface area contributed by atoms with Crippen molar-refractivity contribution in [3.8, 4) is 0 Å². The molecule has 0 saturated carbocycles. The average molecular weight is 200 g/mol. The number of hydrogen-bond acceptors (Lipinski definition) is 2. The number of rotatable bonds is 6. The van der Waals surface area contributed by atoms with Gasteiger partial charge in [0.15, 0.2) is 0 Å². The van der Waals surface area contributed by atoms with Crippen LogP contribution < -0.4 is 11.1 Å². The summed E-state index contributed by atoms with van der Waals surface area (Å²) in [6, 6.07) is -0.0850. The molecule has 0 aromatic rings. The second kappa shape index (κ2) is 6.82. The summed E-state index contributed by atoms with van der Waals surface area (Å²) in [6.07, 6.45) is 2.68. The van der Waals surface area contributed by atoms with E-state index >= 15 is 0 Å². The molecule has 84 valence electrons. The predicted octanol–water partition coefficient (Wildman–Crippen LogP) is 1.66. The SMILES string of the molecule is CCC[C@H](N)C(=O)NC(CC)C(C)C. The molecule has 0 aliphatic heterocycles. The van der Waals surface area contributed by atoms with E-state index < -0.39 is 0 Å². The fourth-order valence-electron chi connectivity index (χ4n) is 1.47. The van der Waals surface area contributed by atoms with Gasteiger partial charge in [0.05, 0.1) is 6.04 Å². The summed E-state index contributed by atoms with van der Waals surface area (Å²) in [5, 5.41) is 2.99. The normalized spacial score (nSPS) is 15.3. The molecule has 0 aromatic heterocycles. The van der Waals surface area contributed by atoms with E-state index in [4.69, 9.17) is 5.73 Å². The van der Waals surface area contributed by atoms with Crippen LogP contribution >= 0.6 is 0 Å². The molecule has 1 amide bonds. The molecule has 0 spiro atoms. The minimum atomic E-state index is -0.340. The van der Waals surface area contributed by atoms with Crippen LogP contribution in [0.2, 0.25) is 0 Å². The second-order valence-electron chi connectivity index (χ2n) is 4.16. The zero-order valence-corrected chi connectivity index (χ0v) is 9.84. The highest BCUT2D eigenvalue weighted by Gasteiger charge is 2.18. The van der Waals surface area contributed by atoms with Crippen LogP contribution in [0.4, 0.5) is 0 Å². The van der Waals surface area contributed by atoms with E-state index in [1.54, 1.807) is 0 Å². The van der Waals surface area contributed by atoms with Crippen LogP contribution in [0, 0.1) is 5.92 Å². The molecule has 3 nitrogen and oxygen atoms in total. The molecule has 0 saturated heterocycles. The fraction of sp³-hybridized carbons (Fsp3) is 0.909. The third-order valence-corrected chi connectivity index (χ3v) is 2.51. The van der Waals surface area contributed by atoms with Crippen molar-refractivity contribution >= 4 is 5.91 Å². The van der Waals surface area contributed by atoms with Crippen LogP contribution in [0.25, 0.3) is 0 Å². The first-order valence-corrected chi connectivity index (χ1v) is 5.58. The highest BCUT2D eigenvalue weighted by molar-refractivity contribution is 5.81. The van der Waals surface area contributed by atoms with Gasteiger partial charge in [0, 0.05) is 6.04 Å². The van der Waals surface area contributed by atoms with Gasteiger partial charge < -0.3 is 11.1 Å². The van der Waals surface area contributed by atoms with Crippen molar-refractivity contribution in [3.05, 3.63) is 0 Å². The fourth-order valence-corrected chi connectivity index (χ4v) is 1.47. The van der Waals surface area contributed by atoms with Gasteiger partial charge in [0.1, 0.15) is 0 Å². The minimum Gasteiger partial charge on any atom is -0.352 e. The van der Waals surface area contributed by atoms with E-state index in [9.17, 15) is 4.79 Å². The van der Waals surface area contributed by atoms with Gasteiger partial charge in [-0.05, 0) is 18.8 Å². The first-order chi connectivity index (χ1) is 6.52. The maximum atomic E-state index is 11.6. The Balaban J connectivity index is 4.01. The highest BCUT2D eigenvalue weighted by Crippen LogP contribution is 2.06. The molecule has 3 N–H and O–H groups in total. The molecule has 0 fully saturated rings. The number of hydrogen-bond donors (Lipinski definition) is 2. The van der Waals surface area contributed by atoms with Crippen molar-refractivity contribution in [3.63, 3.8) is 0 Å². The van der Waals surface area contributed by atoms with E-state index in [-0.39, 0.29) is 18.0 Å². The summed E-state index contributed by atoms with van der Waals surface area (Å²) in [4.78, 5) is 11.6. The number of amides is 1. The van der Waals surface area contributed by atoms with E-state index in [1.165, 1.54) is 0 Å². The van der Waals surface area contributed by atoms with Crippen LogP contribution in [-0.4, -0.2) is 18.0 Å². The van der Waals surface area contributed by atoms with Crippen molar-refractivity contribution in [2.75, 3.05) is 0 Å².